The number of carbonyl (C=O) groups excluding carboxylic acids is 1. The highest BCUT2D eigenvalue weighted by Gasteiger charge is 2.40. The Labute approximate surface area is 100 Å². The molecule has 2 rings (SSSR count). The Morgan fingerprint density at radius 1 is 1.35 bits per heavy atom. The average molecular weight is 233 g/mol. The molecular formula is C12H15N3O2. The highest BCUT2D eigenvalue weighted by molar-refractivity contribution is 6.23. The van der Waals surface area contributed by atoms with E-state index in [1.807, 2.05) is 20.8 Å². The zero-order chi connectivity index (χ0) is 12.6. The van der Waals surface area contributed by atoms with E-state index in [1.165, 1.54) is 7.11 Å². The molecule has 1 aliphatic rings. The van der Waals surface area contributed by atoms with E-state index in [9.17, 15) is 4.79 Å². The number of hydrogen-bond donors (Lipinski definition) is 0. The van der Waals surface area contributed by atoms with Gasteiger partial charge in [-0.1, -0.05) is 5.16 Å². The first-order valence-corrected chi connectivity index (χ1v) is 5.37. The van der Waals surface area contributed by atoms with Crippen LogP contribution in [0, 0.1) is 0 Å². The Kier molecular flexibility index (Phi) is 2.61. The number of hydrogen-bond acceptors (Lipinski definition) is 4. The highest BCUT2D eigenvalue weighted by atomic mass is 16.6. The molecule has 0 saturated carbocycles. The molecule has 5 heteroatoms. The first-order valence-electron chi connectivity index (χ1n) is 5.37. The van der Waals surface area contributed by atoms with E-state index in [4.69, 9.17) is 4.84 Å². The van der Waals surface area contributed by atoms with Crippen molar-refractivity contribution in [2.45, 2.75) is 26.3 Å². The van der Waals surface area contributed by atoms with Gasteiger partial charge in [-0.3, -0.25) is 14.7 Å². The highest BCUT2D eigenvalue weighted by Crippen LogP contribution is 2.29. The van der Waals surface area contributed by atoms with Gasteiger partial charge >= 0.3 is 0 Å². The summed E-state index contributed by atoms with van der Waals surface area (Å²) in [6.45, 7) is 5.86. The van der Waals surface area contributed by atoms with Gasteiger partial charge in [0.25, 0.3) is 5.91 Å². The summed E-state index contributed by atoms with van der Waals surface area (Å²) in [5, 5.41) is 3.95. The second kappa shape index (κ2) is 3.84. The fourth-order valence-electron chi connectivity index (χ4n) is 1.90. The summed E-state index contributed by atoms with van der Waals surface area (Å²) >= 11 is 0. The second-order valence-electron chi connectivity index (χ2n) is 4.83. The Hall–Kier alpha value is -1.91. The zero-order valence-corrected chi connectivity index (χ0v) is 10.4. The van der Waals surface area contributed by atoms with E-state index >= 15 is 0 Å². The van der Waals surface area contributed by atoms with E-state index in [1.54, 1.807) is 23.4 Å². The van der Waals surface area contributed by atoms with Gasteiger partial charge in [-0.2, -0.15) is 0 Å². The van der Waals surface area contributed by atoms with Crippen molar-refractivity contribution >= 4 is 11.7 Å². The molecular weight excluding hydrogens is 218 g/mol. The maximum absolute atomic E-state index is 12.3. The van der Waals surface area contributed by atoms with Gasteiger partial charge in [0.15, 0.2) is 5.84 Å². The Morgan fingerprint density at radius 2 is 2.06 bits per heavy atom. The van der Waals surface area contributed by atoms with Crippen LogP contribution in [0.15, 0.2) is 23.6 Å². The summed E-state index contributed by atoms with van der Waals surface area (Å²) in [5.74, 6) is 0.457. The SMILES string of the molecule is CO/N=C1\c2cnccc2C(=O)N1C(C)(C)C. The van der Waals surface area contributed by atoms with E-state index in [0.717, 1.165) is 0 Å². The quantitative estimate of drug-likeness (QED) is 0.693. The van der Waals surface area contributed by atoms with Gasteiger partial charge in [-0.15, -0.1) is 0 Å². The number of carbonyl (C=O) groups is 1. The lowest BCUT2D eigenvalue weighted by Crippen LogP contribution is -2.45. The standard InChI is InChI=1S/C12H15N3O2/c1-12(2,3)15-10(14-17-4)9-7-13-6-5-8(9)11(15)16/h5-7H,1-4H3/b14-10+. The third kappa shape index (κ3) is 1.77. The van der Waals surface area contributed by atoms with Crippen molar-refractivity contribution in [3.63, 3.8) is 0 Å². The minimum Gasteiger partial charge on any atom is -0.397 e. The molecule has 1 aliphatic heterocycles. The lowest BCUT2D eigenvalue weighted by Gasteiger charge is -2.31. The van der Waals surface area contributed by atoms with Gasteiger partial charge in [0, 0.05) is 17.9 Å². The molecule has 5 nitrogen and oxygen atoms in total. The molecule has 2 heterocycles. The predicted molar refractivity (Wildman–Crippen MR) is 63.7 cm³/mol. The van der Waals surface area contributed by atoms with Gasteiger partial charge in [0.05, 0.1) is 11.1 Å². The number of pyridine rings is 1. The van der Waals surface area contributed by atoms with Crippen LogP contribution < -0.4 is 0 Å². The molecule has 1 aromatic rings. The van der Waals surface area contributed by atoms with E-state index < -0.39 is 0 Å². The van der Waals surface area contributed by atoms with E-state index in [-0.39, 0.29) is 11.4 Å². The third-order valence-electron chi connectivity index (χ3n) is 2.56. The number of fused-ring (bicyclic) bond motifs is 1. The molecule has 17 heavy (non-hydrogen) atoms. The van der Waals surface area contributed by atoms with Gasteiger partial charge in [0.2, 0.25) is 0 Å². The average Bonchev–Trinajstić information content (AvgIpc) is 2.53. The first-order chi connectivity index (χ1) is 7.96. The Balaban J connectivity index is 2.60. The van der Waals surface area contributed by atoms with E-state index in [0.29, 0.717) is 17.0 Å². The van der Waals surface area contributed by atoms with Crippen LogP contribution in [0.3, 0.4) is 0 Å². The molecule has 1 aromatic heterocycles. The molecule has 0 bridgehead atoms. The number of aromatic nitrogens is 1. The normalized spacial score (nSPS) is 17.5. The number of rotatable bonds is 1. The molecule has 0 fully saturated rings. The van der Waals surface area contributed by atoms with Crippen LogP contribution in [0.5, 0.6) is 0 Å². The molecule has 0 atom stereocenters. The fraction of sp³-hybridized carbons (Fsp3) is 0.417. The lowest BCUT2D eigenvalue weighted by molar-refractivity contribution is 0.0756. The van der Waals surface area contributed by atoms with Crippen LogP contribution in [-0.2, 0) is 4.84 Å². The Morgan fingerprint density at radius 3 is 2.65 bits per heavy atom. The number of oxime groups is 1. The molecule has 0 N–H and O–H groups in total. The van der Waals surface area contributed by atoms with Crippen molar-refractivity contribution in [3.05, 3.63) is 29.6 Å². The van der Waals surface area contributed by atoms with Crippen molar-refractivity contribution in [2.24, 2.45) is 5.16 Å². The largest absolute Gasteiger partial charge is 0.397 e. The van der Waals surface area contributed by atoms with Crippen molar-refractivity contribution in [1.82, 2.24) is 9.88 Å². The summed E-state index contributed by atoms with van der Waals surface area (Å²) in [7, 11) is 1.46. The van der Waals surface area contributed by atoms with Crippen molar-refractivity contribution in [1.29, 1.82) is 0 Å². The van der Waals surface area contributed by atoms with Crippen LogP contribution in [0.1, 0.15) is 36.7 Å². The smallest absolute Gasteiger partial charge is 0.260 e. The molecule has 0 saturated heterocycles. The van der Waals surface area contributed by atoms with Crippen molar-refractivity contribution in [3.8, 4) is 0 Å². The maximum Gasteiger partial charge on any atom is 0.260 e. The van der Waals surface area contributed by atoms with Crippen LogP contribution >= 0.6 is 0 Å². The zero-order valence-electron chi connectivity index (χ0n) is 10.4. The Bertz CT molecular complexity index is 489. The van der Waals surface area contributed by atoms with Crippen LogP contribution in [0.4, 0.5) is 0 Å². The third-order valence-corrected chi connectivity index (χ3v) is 2.56. The van der Waals surface area contributed by atoms with Gasteiger partial charge in [0.1, 0.15) is 7.11 Å². The molecule has 0 spiro atoms. The van der Waals surface area contributed by atoms with Gasteiger partial charge < -0.3 is 4.84 Å². The fourth-order valence-corrected chi connectivity index (χ4v) is 1.90. The number of amides is 1. The van der Waals surface area contributed by atoms with Crippen molar-refractivity contribution < 1.29 is 9.63 Å². The van der Waals surface area contributed by atoms with Crippen LogP contribution in [-0.4, -0.2) is 34.3 Å². The first kappa shape index (κ1) is 11.6. The van der Waals surface area contributed by atoms with Crippen LogP contribution in [0.2, 0.25) is 0 Å². The van der Waals surface area contributed by atoms with Crippen LogP contribution in [0.25, 0.3) is 0 Å². The van der Waals surface area contributed by atoms with E-state index in [2.05, 4.69) is 10.1 Å². The number of amidine groups is 1. The monoisotopic (exact) mass is 233 g/mol. The summed E-state index contributed by atoms with van der Waals surface area (Å²) in [5.41, 5.74) is 0.980. The summed E-state index contributed by atoms with van der Waals surface area (Å²) < 4.78 is 0. The molecule has 0 aromatic carbocycles. The van der Waals surface area contributed by atoms with Gasteiger partial charge in [-0.05, 0) is 26.8 Å². The summed E-state index contributed by atoms with van der Waals surface area (Å²) in [4.78, 5) is 22.8. The minimum absolute atomic E-state index is 0.0642. The summed E-state index contributed by atoms with van der Waals surface area (Å²) in [6.07, 6.45) is 3.24. The molecule has 0 unspecified atom stereocenters. The van der Waals surface area contributed by atoms with Crippen molar-refractivity contribution in [2.75, 3.05) is 7.11 Å². The second-order valence-corrected chi connectivity index (χ2v) is 4.83. The molecule has 0 radical (unpaired) electrons. The topological polar surface area (TPSA) is 54.8 Å². The summed E-state index contributed by atoms with van der Waals surface area (Å²) in [6, 6.07) is 1.70. The minimum atomic E-state index is -0.354. The van der Waals surface area contributed by atoms with Gasteiger partial charge in [-0.25, -0.2) is 0 Å². The number of nitrogens with zero attached hydrogens (tertiary/aromatic N) is 3. The predicted octanol–water partition coefficient (Wildman–Crippen LogP) is 1.64. The molecule has 90 valence electrons. The lowest BCUT2D eigenvalue weighted by atomic mass is 10.1. The maximum atomic E-state index is 12.3. The molecule has 1 amide bonds. The molecule has 0 aliphatic carbocycles.